The molecular formula is C26H25N3O2S. The first-order chi connectivity index (χ1) is 15.2. The average molecular weight is 444 g/mol. The lowest BCUT2D eigenvalue weighted by Gasteiger charge is -2.13. The van der Waals surface area contributed by atoms with Gasteiger partial charge in [0.15, 0.2) is 10.7 Å². The molecule has 6 heteroatoms. The Kier molecular flexibility index (Phi) is 5.80. The second-order valence-electron chi connectivity index (χ2n) is 8.16. The van der Waals surface area contributed by atoms with Gasteiger partial charge >= 0.3 is 0 Å². The van der Waals surface area contributed by atoms with Crippen molar-refractivity contribution in [3.05, 3.63) is 81.9 Å². The molecule has 5 nitrogen and oxygen atoms in total. The standard InChI is InChI=1S/C26H25N3O2S/c1-14-6-8-19(10-16(14)3)24(30)29-26(32)28-21-13-20(9-7-15(21)2)25-27-22-11-17(4)18(5)12-23(22)31-25/h6-13H,1-5H3,(H2,28,29,30,32). The van der Waals surface area contributed by atoms with Gasteiger partial charge < -0.3 is 9.73 Å². The van der Waals surface area contributed by atoms with Crippen molar-refractivity contribution in [1.29, 1.82) is 0 Å². The fraction of sp³-hybridized carbons (Fsp3) is 0.192. The first-order valence-electron chi connectivity index (χ1n) is 10.4. The normalized spacial score (nSPS) is 10.9. The Balaban J connectivity index is 1.54. The Labute approximate surface area is 192 Å². The second kappa shape index (κ2) is 8.55. The predicted octanol–water partition coefficient (Wildman–Crippen LogP) is 6.16. The highest BCUT2D eigenvalue weighted by atomic mass is 32.1. The van der Waals surface area contributed by atoms with E-state index in [1.54, 1.807) is 6.07 Å². The zero-order valence-corrected chi connectivity index (χ0v) is 19.6. The van der Waals surface area contributed by atoms with Crippen molar-refractivity contribution in [3.8, 4) is 11.5 Å². The largest absolute Gasteiger partial charge is 0.436 e. The lowest BCUT2D eigenvalue weighted by atomic mass is 10.1. The Morgan fingerprint density at radius 2 is 1.53 bits per heavy atom. The number of nitrogens with zero attached hydrogens (tertiary/aromatic N) is 1. The van der Waals surface area contributed by atoms with Crippen LogP contribution in [0.2, 0.25) is 0 Å². The number of amides is 1. The number of carbonyl (C=O) groups excluding carboxylic acids is 1. The molecule has 1 heterocycles. The van der Waals surface area contributed by atoms with Gasteiger partial charge in [-0.1, -0.05) is 12.1 Å². The van der Waals surface area contributed by atoms with Crippen molar-refractivity contribution >= 4 is 40.0 Å². The molecule has 0 radical (unpaired) electrons. The molecule has 0 unspecified atom stereocenters. The Hall–Kier alpha value is -3.51. The van der Waals surface area contributed by atoms with Crippen molar-refractivity contribution in [2.24, 2.45) is 0 Å². The van der Waals surface area contributed by atoms with E-state index in [1.165, 1.54) is 5.56 Å². The summed E-state index contributed by atoms with van der Waals surface area (Å²) in [6.45, 7) is 10.1. The van der Waals surface area contributed by atoms with Gasteiger partial charge in [0, 0.05) is 16.8 Å². The Morgan fingerprint density at radius 3 is 2.28 bits per heavy atom. The number of hydrogen-bond donors (Lipinski definition) is 2. The molecule has 1 aromatic heterocycles. The molecule has 0 aliphatic carbocycles. The van der Waals surface area contributed by atoms with Crippen LogP contribution in [0.25, 0.3) is 22.6 Å². The van der Waals surface area contributed by atoms with Crippen LogP contribution in [0.4, 0.5) is 5.69 Å². The number of anilines is 1. The molecule has 0 atom stereocenters. The van der Waals surface area contributed by atoms with Crippen LogP contribution in [0.15, 0.2) is 52.9 Å². The number of oxazole rings is 1. The van der Waals surface area contributed by atoms with Crippen LogP contribution in [0, 0.1) is 34.6 Å². The zero-order valence-electron chi connectivity index (χ0n) is 18.8. The third-order valence-electron chi connectivity index (χ3n) is 5.73. The molecule has 162 valence electrons. The summed E-state index contributed by atoms with van der Waals surface area (Å²) in [5.74, 6) is 0.294. The highest BCUT2D eigenvalue weighted by Crippen LogP contribution is 2.29. The fourth-order valence-electron chi connectivity index (χ4n) is 3.40. The van der Waals surface area contributed by atoms with E-state index in [-0.39, 0.29) is 11.0 Å². The Bertz CT molecular complexity index is 1330. The minimum Gasteiger partial charge on any atom is -0.436 e. The van der Waals surface area contributed by atoms with Crippen molar-refractivity contribution in [2.75, 3.05) is 5.32 Å². The quantitative estimate of drug-likeness (QED) is 0.371. The highest BCUT2D eigenvalue weighted by Gasteiger charge is 2.13. The Morgan fingerprint density at radius 1 is 0.844 bits per heavy atom. The molecule has 0 fully saturated rings. The van der Waals surface area contributed by atoms with E-state index in [9.17, 15) is 4.79 Å². The molecule has 3 aromatic carbocycles. The first kappa shape index (κ1) is 21.7. The van der Waals surface area contributed by atoms with E-state index in [1.807, 2.05) is 63.2 Å². The van der Waals surface area contributed by atoms with Crippen molar-refractivity contribution in [1.82, 2.24) is 10.3 Å². The zero-order chi connectivity index (χ0) is 23.0. The summed E-state index contributed by atoms with van der Waals surface area (Å²) in [5.41, 5.74) is 9.28. The first-order valence-corrected chi connectivity index (χ1v) is 10.8. The van der Waals surface area contributed by atoms with Gasteiger partial charge in [0.25, 0.3) is 5.91 Å². The van der Waals surface area contributed by atoms with Crippen molar-refractivity contribution in [2.45, 2.75) is 34.6 Å². The molecule has 0 spiro atoms. The molecule has 0 saturated carbocycles. The van der Waals surface area contributed by atoms with Crippen LogP contribution in [-0.4, -0.2) is 16.0 Å². The SMILES string of the molecule is Cc1ccc(C(=O)NC(=S)Nc2cc(-c3nc4cc(C)c(C)cc4o3)ccc2C)cc1C. The summed E-state index contributed by atoms with van der Waals surface area (Å²) in [7, 11) is 0. The average Bonchev–Trinajstić information content (AvgIpc) is 3.14. The highest BCUT2D eigenvalue weighted by molar-refractivity contribution is 7.80. The van der Waals surface area contributed by atoms with Crippen LogP contribution in [-0.2, 0) is 0 Å². The molecule has 4 rings (SSSR count). The van der Waals surface area contributed by atoms with Gasteiger partial charge in [-0.3, -0.25) is 10.1 Å². The summed E-state index contributed by atoms with van der Waals surface area (Å²) < 4.78 is 5.99. The van der Waals surface area contributed by atoms with Gasteiger partial charge in [0.2, 0.25) is 5.89 Å². The van der Waals surface area contributed by atoms with Crippen LogP contribution in [0.5, 0.6) is 0 Å². The van der Waals surface area contributed by atoms with Gasteiger partial charge in [-0.15, -0.1) is 0 Å². The number of thiocarbonyl (C=S) groups is 1. The van der Waals surface area contributed by atoms with Gasteiger partial charge in [-0.05, 0) is 111 Å². The lowest BCUT2D eigenvalue weighted by molar-refractivity contribution is 0.0977. The molecular weight excluding hydrogens is 418 g/mol. The van der Waals surface area contributed by atoms with E-state index in [0.717, 1.165) is 44.6 Å². The molecule has 0 aliphatic rings. The number of fused-ring (bicyclic) bond motifs is 1. The third kappa shape index (κ3) is 4.41. The van der Waals surface area contributed by atoms with E-state index < -0.39 is 0 Å². The van der Waals surface area contributed by atoms with Crippen LogP contribution < -0.4 is 10.6 Å². The van der Waals surface area contributed by atoms with E-state index in [2.05, 4.69) is 29.5 Å². The number of rotatable bonds is 3. The fourth-order valence-corrected chi connectivity index (χ4v) is 3.61. The van der Waals surface area contributed by atoms with Gasteiger partial charge in [-0.2, -0.15) is 0 Å². The number of aromatic nitrogens is 1. The number of benzene rings is 3. The maximum absolute atomic E-state index is 12.6. The molecule has 1 amide bonds. The van der Waals surface area contributed by atoms with Crippen molar-refractivity contribution < 1.29 is 9.21 Å². The monoisotopic (exact) mass is 443 g/mol. The molecule has 2 N–H and O–H groups in total. The molecule has 4 aromatic rings. The van der Waals surface area contributed by atoms with Crippen LogP contribution >= 0.6 is 12.2 Å². The van der Waals surface area contributed by atoms with Crippen LogP contribution in [0.1, 0.15) is 38.2 Å². The summed E-state index contributed by atoms with van der Waals surface area (Å²) in [6.07, 6.45) is 0. The smallest absolute Gasteiger partial charge is 0.257 e. The maximum Gasteiger partial charge on any atom is 0.257 e. The van der Waals surface area contributed by atoms with Gasteiger partial charge in [-0.25, -0.2) is 4.98 Å². The van der Waals surface area contributed by atoms with E-state index in [4.69, 9.17) is 16.6 Å². The number of nitrogens with one attached hydrogen (secondary N) is 2. The van der Waals surface area contributed by atoms with E-state index in [0.29, 0.717) is 11.5 Å². The number of carbonyl (C=O) groups is 1. The lowest BCUT2D eigenvalue weighted by Crippen LogP contribution is -2.34. The number of hydrogen-bond acceptors (Lipinski definition) is 4. The molecule has 0 aliphatic heterocycles. The molecule has 0 bridgehead atoms. The van der Waals surface area contributed by atoms with Crippen LogP contribution in [0.3, 0.4) is 0 Å². The van der Waals surface area contributed by atoms with Gasteiger partial charge in [0.1, 0.15) is 5.52 Å². The molecule has 0 saturated heterocycles. The minimum absolute atomic E-state index is 0.234. The summed E-state index contributed by atoms with van der Waals surface area (Å²) in [6, 6.07) is 15.5. The van der Waals surface area contributed by atoms with Crippen molar-refractivity contribution in [3.63, 3.8) is 0 Å². The maximum atomic E-state index is 12.6. The summed E-state index contributed by atoms with van der Waals surface area (Å²) >= 11 is 5.39. The minimum atomic E-state index is -0.246. The molecule has 32 heavy (non-hydrogen) atoms. The van der Waals surface area contributed by atoms with Gasteiger partial charge in [0.05, 0.1) is 0 Å². The number of aryl methyl sites for hydroxylation is 5. The topological polar surface area (TPSA) is 67.2 Å². The predicted molar refractivity (Wildman–Crippen MR) is 133 cm³/mol. The van der Waals surface area contributed by atoms with E-state index >= 15 is 0 Å². The second-order valence-corrected chi connectivity index (χ2v) is 8.57. The third-order valence-corrected chi connectivity index (χ3v) is 5.94. The summed E-state index contributed by atoms with van der Waals surface area (Å²) in [4.78, 5) is 17.2. The summed E-state index contributed by atoms with van der Waals surface area (Å²) in [5, 5.41) is 6.12.